The minimum atomic E-state index is -1.08. The van der Waals surface area contributed by atoms with Crippen LogP contribution in [-0.2, 0) is 9.59 Å². The van der Waals surface area contributed by atoms with Gasteiger partial charge < -0.3 is 15.3 Å². The maximum atomic E-state index is 12.2. The van der Waals surface area contributed by atoms with Gasteiger partial charge in [-0.3, -0.25) is 4.79 Å². The van der Waals surface area contributed by atoms with Gasteiger partial charge >= 0.3 is 5.97 Å². The van der Waals surface area contributed by atoms with Crippen LogP contribution in [0.5, 0.6) is 0 Å². The number of nitriles is 1. The molecule has 1 aliphatic rings. The quantitative estimate of drug-likeness (QED) is 0.544. The zero-order chi connectivity index (χ0) is 17.4. The number of carbonyl (C=O) groups is 2. The molecule has 0 bridgehead atoms. The maximum absolute atomic E-state index is 12.2. The molecule has 0 aromatic heterocycles. The Morgan fingerprint density at radius 3 is 2.52 bits per heavy atom. The molecule has 0 spiro atoms. The van der Waals surface area contributed by atoms with Crippen LogP contribution in [0.1, 0.15) is 39.5 Å². The molecule has 7 heteroatoms. The van der Waals surface area contributed by atoms with E-state index in [1.807, 2.05) is 17.2 Å². The van der Waals surface area contributed by atoms with Crippen molar-refractivity contribution >= 4 is 23.6 Å². The molecule has 128 valence electrons. The second kappa shape index (κ2) is 9.46. The molecule has 1 saturated heterocycles. The number of carbonyl (C=O) groups excluding carboxylic acids is 1. The fraction of sp³-hybridized carbons (Fsp3) is 0.688. The summed E-state index contributed by atoms with van der Waals surface area (Å²) >= 11 is 1.52. The van der Waals surface area contributed by atoms with Gasteiger partial charge in [0.15, 0.2) is 0 Å². The van der Waals surface area contributed by atoms with Crippen LogP contribution in [0.3, 0.4) is 0 Å². The first-order chi connectivity index (χ1) is 10.9. The average Bonchev–Trinajstić information content (AvgIpc) is 2.50. The van der Waals surface area contributed by atoms with Gasteiger partial charge in [-0.1, -0.05) is 0 Å². The van der Waals surface area contributed by atoms with E-state index in [4.69, 9.17) is 0 Å². The van der Waals surface area contributed by atoms with Crippen LogP contribution in [0.2, 0.25) is 0 Å². The standard InChI is InChI=1S/C16H25N3O3S/c1-11-5-4-6-12(2)19(11)10-13(9-17)15(20)18-14(16(21)22)7-8-23-3/h10-12,14H,4-8H2,1-3H3,(H,18,20)(H,21,22)/b13-10-. The molecule has 1 aliphatic heterocycles. The second-order valence-electron chi connectivity index (χ2n) is 5.88. The summed E-state index contributed by atoms with van der Waals surface area (Å²) in [5.41, 5.74) is -0.0407. The third-order valence-corrected chi connectivity index (χ3v) is 4.76. The van der Waals surface area contributed by atoms with Crippen molar-refractivity contribution in [3.05, 3.63) is 11.8 Å². The minimum absolute atomic E-state index is 0.0407. The Hall–Kier alpha value is -1.68. The van der Waals surface area contributed by atoms with E-state index >= 15 is 0 Å². The van der Waals surface area contributed by atoms with Crippen LogP contribution < -0.4 is 5.32 Å². The second-order valence-corrected chi connectivity index (χ2v) is 6.86. The molecule has 0 aromatic rings. The van der Waals surface area contributed by atoms with Gasteiger partial charge in [-0.2, -0.15) is 17.0 Å². The van der Waals surface area contributed by atoms with Gasteiger partial charge in [-0.15, -0.1) is 0 Å². The highest BCUT2D eigenvalue weighted by molar-refractivity contribution is 7.98. The molecular formula is C16H25N3O3S. The summed E-state index contributed by atoms with van der Waals surface area (Å²) in [7, 11) is 0. The number of thioether (sulfide) groups is 1. The van der Waals surface area contributed by atoms with Crippen molar-refractivity contribution in [2.24, 2.45) is 0 Å². The highest BCUT2D eigenvalue weighted by atomic mass is 32.2. The van der Waals surface area contributed by atoms with Crippen molar-refractivity contribution in [3.63, 3.8) is 0 Å². The molecule has 0 aromatic carbocycles. The lowest BCUT2D eigenvalue weighted by molar-refractivity contribution is -0.141. The van der Waals surface area contributed by atoms with Crippen LogP contribution >= 0.6 is 11.8 Å². The first-order valence-corrected chi connectivity index (χ1v) is 9.22. The number of likely N-dealkylation sites (tertiary alicyclic amines) is 1. The van der Waals surface area contributed by atoms with Crippen LogP contribution in [0.4, 0.5) is 0 Å². The van der Waals surface area contributed by atoms with Crippen molar-refractivity contribution in [1.82, 2.24) is 10.2 Å². The molecule has 0 radical (unpaired) electrons. The zero-order valence-electron chi connectivity index (χ0n) is 13.9. The van der Waals surface area contributed by atoms with E-state index in [1.54, 1.807) is 6.20 Å². The van der Waals surface area contributed by atoms with Gasteiger partial charge in [-0.25, -0.2) is 4.79 Å². The number of amides is 1. The molecule has 6 nitrogen and oxygen atoms in total. The molecule has 3 atom stereocenters. The van der Waals surface area contributed by atoms with Crippen molar-refractivity contribution in [3.8, 4) is 6.07 Å². The molecule has 23 heavy (non-hydrogen) atoms. The number of hydrogen-bond donors (Lipinski definition) is 2. The number of carboxylic acid groups (broad SMARTS) is 1. The molecule has 2 N–H and O–H groups in total. The van der Waals surface area contributed by atoms with Gasteiger partial charge in [-0.05, 0) is 51.5 Å². The number of hydrogen-bond acceptors (Lipinski definition) is 5. The molecule has 3 unspecified atom stereocenters. The number of piperidine rings is 1. The van der Waals surface area contributed by atoms with Gasteiger partial charge in [0.25, 0.3) is 5.91 Å². The van der Waals surface area contributed by atoms with Gasteiger partial charge in [0.05, 0.1) is 0 Å². The van der Waals surface area contributed by atoms with Crippen LogP contribution in [0.25, 0.3) is 0 Å². The molecule has 0 saturated carbocycles. The highest BCUT2D eigenvalue weighted by Gasteiger charge is 2.25. The Kier molecular flexibility index (Phi) is 7.96. The molecule has 1 fully saturated rings. The fourth-order valence-corrected chi connectivity index (χ4v) is 3.18. The van der Waals surface area contributed by atoms with E-state index in [0.29, 0.717) is 12.2 Å². The van der Waals surface area contributed by atoms with Crippen molar-refractivity contribution < 1.29 is 14.7 Å². The van der Waals surface area contributed by atoms with Gasteiger partial charge in [0.1, 0.15) is 17.7 Å². The normalized spacial score (nSPS) is 23.0. The summed E-state index contributed by atoms with van der Waals surface area (Å²) in [5, 5.41) is 20.9. The predicted molar refractivity (Wildman–Crippen MR) is 90.9 cm³/mol. The SMILES string of the molecule is CSCCC(NC(=O)/C(C#N)=C\N1C(C)CCCC1C)C(=O)O. The molecule has 1 amide bonds. The van der Waals surface area contributed by atoms with E-state index in [9.17, 15) is 20.0 Å². The van der Waals surface area contributed by atoms with Crippen molar-refractivity contribution in [2.75, 3.05) is 12.0 Å². The summed E-state index contributed by atoms with van der Waals surface area (Å²) in [6.07, 6.45) is 6.96. The Morgan fingerprint density at radius 1 is 1.43 bits per heavy atom. The Morgan fingerprint density at radius 2 is 2.04 bits per heavy atom. The lowest BCUT2D eigenvalue weighted by Gasteiger charge is -2.38. The van der Waals surface area contributed by atoms with E-state index in [-0.39, 0.29) is 17.7 Å². The summed E-state index contributed by atoms with van der Waals surface area (Å²) in [6.45, 7) is 4.13. The van der Waals surface area contributed by atoms with Gasteiger partial charge in [0.2, 0.25) is 0 Å². The van der Waals surface area contributed by atoms with Gasteiger partial charge in [0, 0.05) is 18.3 Å². The smallest absolute Gasteiger partial charge is 0.326 e. The zero-order valence-corrected chi connectivity index (χ0v) is 14.7. The summed E-state index contributed by atoms with van der Waals surface area (Å²) in [4.78, 5) is 25.5. The molecule has 1 heterocycles. The summed E-state index contributed by atoms with van der Waals surface area (Å²) in [5.74, 6) is -1.07. The Labute approximate surface area is 141 Å². The predicted octanol–water partition coefficient (Wildman–Crippen LogP) is 1.98. The Balaban J connectivity index is 2.82. The molecule has 1 rings (SSSR count). The lowest BCUT2D eigenvalue weighted by atomic mass is 9.98. The monoisotopic (exact) mass is 339 g/mol. The van der Waals surface area contributed by atoms with Crippen LogP contribution in [0, 0.1) is 11.3 Å². The topological polar surface area (TPSA) is 93.4 Å². The number of rotatable bonds is 7. The Bertz CT molecular complexity index is 491. The lowest BCUT2D eigenvalue weighted by Crippen LogP contribution is -2.43. The average molecular weight is 339 g/mol. The van der Waals surface area contributed by atoms with Crippen molar-refractivity contribution in [1.29, 1.82) is 5.26 Å². The molecule has 0 aliphatic carbocycles. The van der Waals surface area contributed by atoms with E-state index in [1.165, 1.54) is 11.8 Å². The van der Waals surface area contributed by atoms with Crippen LogP contribution in [0.15, 0.2) is 11.8 Å². The van der Waals surface area contributed by atoms with E-state index < -0.39 is 17.9 Å². The number of aliphatic carboxylic acids is 1. The number of nitrogens with one attached hydrogen (secondary N) is 1. The summed E-state index contributed by atoms with van der Waals surface area (Å²) in [6, 6.07) is 1.46. The number of carboxylic acids is 1. The van der Waals surface area contributed by atoms with Crippen molar-refractivity contribution in [2.45, 2.75) is 57.7 Å². The minimum Gasteiger partial charge on any atom is -0.480 e. The van der Waals surface area contributed by atoms with E-state index in [0.717, 1.165) is 19.3 Å². The largest absolute Gasteiger partial charge is 0.480 e. The first-order valence-electron chi connectivity index (χ1n) is 7.82. The maximum Gasteiger partial charge on any atom is 0.326 e. The van der Waals surface area contributed by atoms with E-state index in [2.05, 4.69) is 19.2 Å². The highest BCUT2D eigenvalue weighted by Crippen LogP contribution is 2.23. The fourth-order valence-electron chi connectivity index (χ4n) is 2.71. The number of nitrogens with zero attached hydrogens (tertiary/aromatic N) is 2. The molecular weight excluding hydrogens is 314 g/mol. The summed E-state index contributed by atoms with van der Waals surface area (Å²) < 4.78 is 0. The third kappa shape index (κ3) is 5.79. The van der Waals surface area contributed by atoms with Crippen LogP contribution in [-0.4, -0.2) is 52.0 Å². The first kappa shape index (κ1) is 19.4. The third-order valence-electron chi connectivity index (χ3n) is 4.12.